The zero-order chi connectivity index (χ0) is 37.0. The van der Waals surface area contributed by atoms with E-state index < -0.39 is 0 Å². The summed E-state index contributed by atoms with van der Waals surface area (Å²) in [4.78, 5) is 5.12. The summed E-state index contributed by atoms with van der Waals surface area (Å²) >= 11 is 0. The molecule has 1 aromatic heterocycles. The molecule has 0 spiro atoms. The van der Waals surface area contributed by atoms with Gasteiger partial charge in [0, 0.05) is 11.1 Å². The van der Waals surface area contributed by atoms with Gasteiger partial charge in [-0.2, -0.15) is 0 Å². The number of benzene rings is 10. The van der Waals surface area contributed by atoms with Crippen LogP contribution in [-0.4, -0.2) is 4.98 Å². The molecule has 10 aromatic carbocycles. The topological polar surface area (TPSA) is 12.9 Å². The number of hydrogen-bond donors (Lipinski definition) is 0. The third-order valence-electron chi connectivity index (χ3n) is 11.4. The van der Waals surface area contributed by atoms with Crippen LogP contribution < -0.4 is 0 Å². The molecule has 11 rings (SSSR count). The molecule has 0 atom stereocenters. The monoisotopic (exact) mass is 709 g/mol. The van der Waals surface area contributed by atoms with Crippen molar-refractivity contribution < 1.29 is 0 Å². The maximum Gasteiger partial charge on any atom is 0.0709 e. The van der Waals surface area contributed by atoms with Gasteiger partial charge in [-0.15, -0.1) is 0 Å². The van der Waals surface area contributed by atoms with Crippen LogP contribution in [-0.2, 0) is 0 Å². The van der Waals surface area contributed by atoms with E-state index in [1.165, 1.54) is 87.2 Å². The van der Waals surface area contributed by atoms with Crippen molar-refractivity contribution in [3.8, 4) is 55.9 Å². The van der Waals surface area contributed by atoms with Gasteiger partial charge in [0.15, 0.2) is 0 Å². The van der Waals surface area contributed by atoms with Crippen LogP contribution in [0.25, 0.3) is 110 Å². The zero-order valence-corrected chi connectivity index (χ0v) is 30.7. The lowest BCUT2D eigenvalue weighted by atomic mass is 9.84. The van der Waals surface area contributed by atoms with Crippen molar-refractivity contribution in [1.29, 1.82) is 0 Å². The van der Waals surface area contributed by atoms with E-state index in [0.717, 1.165) is 22.5 Å². The maximum absolute atomic E-state index is 5.12. The molecule has 1 heteroatoms. The highest BCUT2D eigenvalue weighted by molar-refractivity contribution is 6.22. The summed E-state index contributed by atoms with van der Waals surface area (Å²) in [6.07, 6.45) is 0. The van der Waals surface area contributed by atoms with Gasteiger partial charge in [0.1, 0.15) is 0 Å². The lowest BCUT2D eigenvalue weighted by Gasteiger charge is -2.19. The first kappa shape index (κ1) is 32.1. The second-order valence-corrected chi connectivity index (χ2v) is 14.7. The second kappa shape index (κ2) is 13.2. The SMILES string of the molecule is c1cc(-c2ccc(-c3ccc4c(-c5ccc6ccccc6c5)c5ccccc5c(-c5ccc6ccccc6c5)c4c3)cc2)nc(-c2ccc3ccccc3c2)c1. The predicted octanol–water partition coefficient (Wildman–Crippen LogP) is 15.2. The van der Waals surface area contributed by atoms with Crippen LogP contribution in [0.3, 0.4) is 0 Å². The van der Waals surface area contributed by atoms with Crippen molar-refractivity contribution in [2.75, 3.05) is 0 Å². The largest absolute Gasteiger partial charge is 0.248 e. The Morgan fingerprint density at radius 1 is 0.214 bits per heavy atom. The number of aromatic nitrogens is 1. The fourth-order valence-corrected chi connectivity index (χ4v) is 8.61. The van der Waals surface area contributed by atoms with Crippen molar-refractivity contribution in [3.63, 3.8) is 0 Å². The van der Waals surface area contributed by atoms with Gasteiger partial charge in [-0.3, -0.25) is 0 Å². The van der Waals surface area contributed by atoms with Gasteiger partial charge in [0.05, 0.1) is 11.4 Å². The van der Waals surface area contributed by atoms with Crippen molar-refractivity contribution in [3.05, 3.63) is 212 Å². The van der Waals surface area contributed by atoms with E-state index in [9.17, 15) is 0 Å². The fourth-order valence-electron chi connectivity index (χ4n) is 8.61. The van der Waals surface area contributed by atoms with Gasteiger partial charge in [-0.1, -0.05) is 176 Å². The summed E-state index contributed by atoms with van der Waals surface area (Å²) in [5, 5.41) is 12.4. The molecular formula is C55H35N. The standard InChI is InChI=1S/C55H35N/c1-4-13-41-32-45(27-22-36(41)10-1)53-19-9-18-52(56-53)40-25-20-39(21-26-40)44-30-31-50-51(35-44)55(47-29-24-38-12-3-6-15-43(38)34-47)49-17-8-7-16-48(49)54(50)46-28-23-37-11-2-5-14-42(37)33-46/h1-35H. The van der Waals surface area contributed by atoms with E-state index >= 15 is 0 Å². The summed E-state index contributed by atoms with van der Waals surface area (Å²) in [7, 11) is 0. The van der Waals surface area contributed by atoms with Gasteiger partial charge in [0.25, 0.3) is 0 Å². The van der Waals surface area contributed by atoms with Crippen LogP contribution in [0.5, 0.6) is 0 Å². The van der Waals surface area contributed by atoms with Crippen LogP contribution in [0.1, 0.15) is 0 Å². The molecule has 0 amide bonds. The summed E-state index contributed by atoms with van der Waals surface area (Å²) in [5.74, 6) is 0. The minimum Gasteiger partial charge on any atom is -0.248 e. The van der Waals surface area contributed by atoms with Gasteiger partial charge < -0.3 is 0 Å². The molecular weight excluding hydrogens is 675 g/mol. The number of nitrogens with zero attached hydrogens (tertiary/aromatic N) is 1. The van der Waals surface area contributed by atoms with Crippen molar-refractivity contribution in [1.82, 2.24) is 4.98 Å². The van der Waals surface area contributed by atoms with Gasteiger partial charge in [-0.05, 0) is 124 Å². The van der Waals surface area contributed by atoms with Crippen molar-refractivity contribution in [2.24, 2.45) is 0 Å². The average Bonchev–Trinajstić information content (AvgIpc) is 3.27. The second-order valence-electron chi connectivity index (χ2n) is 14.7. The lowest BCUT2D eigenvalue weighted by molar-refractivity contribution is 1.32. The molecule has 0 N–H and O–H groups in total. The van der Waals surface area contributed by atoms with Crippen LogP contribution in [0, 0.1) is 0 Å². The Morgan fingerprint density at radius 3 is 1.18 bits per heavy atom. The molecule has 0 radical (unpaired) electrons. The molecule has 0 unspecified atom stereocenters. The minimum absolute atomic E-state index is 0.964. The van der Waals surface area contributed by atoms with Crippen LogP contribution in [0.4, 0.5) is 0 Å². The molecule has 0 fully saturated rings. The predicted molar refractivity (Wildman–Crippen MR) is 239 cm³/mol. The molecule has 0 bridgehead atoms. The normalized spacial score (nSPS) is 11.6. The third kappa shape index (κ3) is 5.52. The average molecular weight is 710 g/mol. The molecule has 1 nitrogen and oxygen atoms in total. The molecule has 0 saturated heterocycles. The Balaban J connectivity index is 1.07. The lowest BCUT2D eigenvalue weighted by Crippen LogP contribution is -1.92. The highest BCUT2D eigenvalue weighted by Crippen LogP contribution is 2.46. The smallest absolute Gasteiger partial charge is 0.0709 e. The van der Waals surface area contributed by atoms with Crippen LogP contribution >= 0.6 is 0 Å². The number of fused-ring (bicyclic) bond motifs is 5. The maximum atomic E-state index is 5.12. The van der Waals surface area contributed by atoms with Crippen LogP contribution in [0.15, 0.2) is 212 Å². The van der Waals surface area contributed by atoms with E-state index in [1.54, 1.807) is 0 Å². The summed E-state index contributed by atoms with van der Waals surface area (Å²) in [6.45, 7) is 0. The van der Waals surface area contributed by atoms with E-state index in [0.29, 0.717) is 0 Å². The van der Waals surface area contributed by atoms with E-state index in [1.807, 2.05) is 0 Å². The number of hydrogen-bond acceptors (Lipinski definition) is 1. The molecule has 11 aromatic rings. The van der Waals surface area contributed by atoms with Gasteiger partial charge >= 0.3 is 0 Å². The molecule has 1 heterocycles. The summed E-state index contributed by atoms with van der Waals surface area (Å²) in [5.41, 5.74) is 11.5. The molecule has 0 aliphatic heterocycles. The Bertz CT molecular complexity index is 3300. The van der Waals surface area contributed by atoms with Crippen molar-refractivity contribution in [2.45, 2.75) is 0 Å². The number of rotatable bonds is 5. The Hall–Kier alpha value is -7.35. The summed E-state index contributed by atoms with van der Waals surface area (Å²) in [6, 6.07) is 77.3. The minimum atomic E-state index is 0.964. The molecule has 0 saturated carbocycles. The molecule has 0 aliphatic rings. The third-order valence-corrected chi connectivity index (χ3v) is 11.4. The van der Waals surface area contributed by atoms with Crippen molar-refractivity contribution >= 4 is 53.9 Å². The highest BCUT2D eigenvalue weighted by Gasteiger charge is 2.18. The first-order valence-electron chi connectivity index (χ1n) is 19.3. The molecule has 260 valence electrons. The Labute approximate surface area is 325 Å². The highest BCUT2D eigenvalue weighted by atomic mass is 14.7. The fraction of sp³-hybridized carbons (Fsp3) is 0. The molecule has 0 aliphatic carbocycles. The Morgan fingerprint density at radius 2 is 0.607 bits per heavy atom. The quantitative estimate of drug-likeness (QED) is 0.162. The molecule has 56 heavy (non-hydrogen) atoms. The van der Waals surface area contributed by atoms with Crippen LogP contribution in [0.2, 0.25) is 0 Å². The van der Waals surface area contributed by atoms with E-state index in [-0.39, 0.29) is 0 Å². The first-order valence-corrected chi connectivity index (χ1v) is 19.3. The van der Waals surface area contributed by atoms with E-state index in [4.69, 9.17) is 4.98 Å². The van der Waals surface area contributed by atoms with Gasteiger partial charge in [-0.25, -0.2) is 4.98 Å². The first-order chi connectivity index (χ1) is 27.7. The van der Waals surface area contributed by atoms with Gasteiger partial charge in [0.2, 0.25) is 0 Å². The number of pyridine rings is 1. The summed E-state index contributed by atoms with van der Waals surface area (Å²) < 4.78 is 0. The van der Waals surface area contributed by atoms with E-state index in [2.05, 4.69) is 212 Å². The zero-order valence-electron chi connectivity index (χ0n) is 30.7. The Kier molecular flexibility index (Phi) is 7.57.